The van der Waals surface area contributed by atoms with Crippen LogP contribution < -0.4 is 5.32 Å². The van der Waals surface area contributed by atoms with E-state index < -0.39 is 0 Å². The summed E-state index contributed by atoms with van der Waals surface area (Å²) in [4.78, 5) is 0. The fourth-order valence-corrected chi connectivity index (χ4v) is 1.58. The zero-order chi connectivity index (χ0) is 9.97. The van der Waals surface area contributed by atoms with Crippen molar-refractivity contribution in [2.45, 2.75) is 19.8 Å². The van der Waals surface area contributed by atoms with Gasteiger partial charge in [-0.1, -0.05) is 44.2 Å². The smallest absolute Gasteiger partial charge is 0.0183 e. The molecule has 0 radical (unpaired) electrons. The van der Waals surface area contributed by atoms with E-state index in [1.807, 2.05) is 0 Å². The molecule has 2 rings (SSSR count). The van der Waals surface area contributed by atoms with Crippen LogP contribution in [0.1, 0.15) is 30.9 Å². The maximum absolute atomic E-state index is 3.24. The molecule has 0 unspecified atom stereocenters. The molecule has 1 fully saturated rings. The van der Waals surface area contributed by atoms with Crippen LogP contribution in [0, 0.1) is 0 Å². The van der Waals surface area contributed by atoms with Crippen LogP contribution in [0.25, 0.3) is 6.08 Å². The van der Waals surface area contributed by atoms with E-state index >= 15 is 0 Å². The molecule has 1 nitrogen and oxygen atoms in total. The Kier molecular flexibility index (Phi) is 2.69. The lowest BCUT2D eigenvalue weighted by atomic mass is 10.0. The molecule has 0 saturated carbocycles. The number of nitrogens with one attached hydrogen (secondary N) is 1. The minimum Gasteiger partial charge on any atom is -0.309 e. The third-order valence-electron chi connectivity index (χ3n) is 2.68. The van der Waals surface area contributed by atoms with Gasteiger partial charge in [0.2, 0.25) is 0 Å². The molecule has 1 aromatic rings. The van der Waals surface area contributed by atoms with Gasteiger partial charge in [0.15, 0.2) is 0 Å². The molecular weight excluding hydrogens is 170 g/mol. The largest absolute Gasteiger partial charge is 0.309 e. The molecule has 1 heteroatoms. The van der Waals surface area contributed by atoms with Gasteiger partial charge in [0.05, 0.1) is 0 Å². The molecule has 0 spiro atoms. The van der Waals surface area contributed by atoms with Crippen molar-refractivity contribution in [2.24, 2.45) is 0 Å². The summed E-state index contributed by atoms with van der Waals surface area (Å²) in [6.45, 7) is 6.57. The second-order valence-corrected chi connectivity index (χ2v) is 4.23. The van der Waals surface area contributed by atoms with Gasteiger partial charge in [0.1, 0.15) is 0 Å². The topological polar surface area (TPSA) is 12.0 Å². The number of benzene rings is 1. The standard InChI is InChI=1S/C13H17N/c1-10(2)13-5-3-11(4-6-13)7-12-8-14-9-12/h3-7,10,14H,8-9H2,1-2H3. The van der Waals surface area contributed by atoms with Gasteiger partial charge >= 0.3 is 0 Å². The van der Waals surface area contributed by atoms with E-state index in [4.69, 9.17) is 0 Å². The van der Waals surface area contributed by atoms with Gasteiger partial charge in [-0.2, -0.15) is 0 Å². The predicted molar refractivity (Wildman–Crippen MR) is 61.4 cm³/mol. The molecule has 0 aromatic heterocycles. The summed E-state index contributed by atoms with van der Waals surface area (Å²) in [5, 5.41) is 3.24. The molecule has 1 aliphatic rings. The molecular formula is C13H17N. The van der Waals surface area contributed by atoms with Crippen LogP contribution in [0.4, 0.5) is 0 Å². The third kappa shape index (κ3) is 2.05. The summed E-state index contributed by atoms with van der Waals surface area (Å²) in [7, 11) is 0. The van der Waals surface area contributed by atoms with E-state index in [2.05, 4.69) is 49.5 Å². The van der Waals surface area contributed by atoms with E-state index in [0.717, 1.165) is 13.1 Å². The van der Waals surface area contributed by atoms with Crippen molar-refractivity contribution in [2.75, 3.05) is 13.1 Å². The summed E-state index contributed by atoms with van der Waals surface area (Å²) >= 11 is 0. The molecule has 1 aromatic carbocycles. The lowest BCUT2D eigenvalue weighted by Gasteiger charge is -2.18. The summed E-state index contributed by atoms with van der Waals surface area (Å²) in [5.41, 5.74) is 4.24. The Bertz CT molecular complexity index is 327. The third-order valence-corrected chi connectivity index (χ3v) is 2.68. The van der Waals surface area contributed by atoms with Crippen LogP contribution in [0.5, 0.6) is 0 Å². The van der Waals surface area contributed by atoms with Gasteiger partial charge in [-0.05, 0) is 22.6 Å². The Balaban J connectivity index is 2.13. The van der Waals surface area contributed by atoms with Crippen molar-refractivity contribution in [3.63, 3.8) is 0 Å². The van der Waals surface area contributed by atoms with E-state index in [9.17, 15) is 0 Å². The first-order valence-corrected chi connectivity index (χ1v) is 5.26. The van der Waals surface area contributed by atoms with Crippen LogP contribution in [0.3, 0.4) is 0 Å². The summed E-state index contributed by atoms with van der Waals surface area (Å²) in [5.74, 6) is 0.627. The molecule has 14 heavy (non-hydrogen) atoms. The molecule has 74 valence electrons. The molecule has 1 aliphatic heterocycles. The minimum atomic E-state index is 0.627. The van der Waals surface area contributed by atoms with Crippen molar-refractivity contribution >= 4 is 6.08 Å². The lowest BCUT2D eigenvalue weighted by Crippen LogP contribution is -2.33. The van der Waals surface area contributed by atoms with Crippen molar-refractivity contribution in [3.05, 3.63) is 41.0 Å². The average molecular weight is 187 g/mol. The highest BCUT2D eigenvalue weighted by Gasteiger charge is 2.06. The fraction of sp³-hybridized carbons (Fsp3) is 0.385. The highest BCUT2D eigenvalue weighted by molar-refractivity contribution is 5.55. The normalized spacial score (nSPS) is 15.5. The highest BCUT2D eigenvalue weighted by Crippen LogP contribution is 2.16. The van der Waals surface area contributed by atoms with Crippen LogP contribution in [0.2, 0.25) is 0 Å². The predicted octanol–water partition coefficient (Wildman–Crippen LogP) is 2.80. The van der Waals surface area contributed by atoms with Crippen LogP contribution in [-0.4, -0.2) is 13.1 Å². The second kappa shape index (κ2) is 3.97. The Morgan fingerprint density at radius 1 is 1.14 bits per heavy atom. The van der Waals surface area contributed by atoms with Crippen LogP contribution in [-0.2, 0) is 0 Å². The zero-order valence-corrected chi connectivity index (χ0v) is 8.88. The first-order chi connectivity index (χ1) is 6.75. The van der Waals surface area contributed by atoms with Gasteiger partial charge in [0.25, 0.3) is 0 Å². The van der Waals surface area contributed by atoms with Crippen LogP contribution >= 0.6 is 0 Å². The van der Waals surface area contributed by atoms with Gasteiger partial charge in [0, 0.05) is 13.1 Å². The summed E-state index contributed by atoms with van der Waals surface area (Å²) < 4.78 is 0. The van der Waals surface area contributed by atoms with Gasteiger partial charge in [-0.3, -0.25) is 0 Å². The Labute approximate surface area is 85.8 Å². The molecule has 0 bridgehead atoms. The van der Waals surface area contributed by atoms with Crippen molar-refractivity contribution in [3.8, 4) is 0 Å². The Hall–Kier alpha value is -1.08. The van der Waals surface area contributed by atoms with E-state index in [1.165, 1.54) is 16.7 Å². The summed E-state index contributed by atoms with van der Waals surface area (Å²) in [6, 6.07) is 8.87. The SMILES string of the molecule is CC(C)c1ccc(C=C2CNC2)cc1. The molecule has 0 aliphatic carbocycles. The van der Waals surface area contributed by atoms with Gasteiger partial charge in [-0.25, -0.2) is 0 Å². The quantitative estimate of drug-likeness (QED) is 0.750. The lowest BCUT2D eigenvalue weighted by molar-refractivity contribution is 0.675. The first-order valence-electron chi connectivity index (χ1n) is 5.26. The Morgan fingerprint density at radius 3 is 2.21 bits per heavy atom. The monoisotopic (exact) mass is 187 g/mol. The highest BCUT2D eigenvalue weighted by atomic mass is 14.9. The number of hydrogen-bond acceptors (Lipinski definition) is 1. The molecule has 1 N–H and O–H groups in total. The second-order valence-electron chi connectivity index (χ2n) is 4.23. The molecule has 1 saturated heterocycles. The van der Waals surface area contributed by atoms with Crippen molar-refractivity contribution < 1.29 is 0 Å². The number of rotatable bonds is 2. The molecule has 1 heterocycles. The fourth-order valence-electron chi connectivity index (χ4n) is 1.58. The maximum atomic E-state index is 3.24. The maximum Gasteiger partial charge on any atom is 0.0183 e. The number of hydrogen-bond donors (Lipinski definition) is 1. The minimum absolute atomic E-state index is 0.627. The van der Waals surface area contributed by atoms with Gasteiger partial charge in [-0.15, -0.1) is 0 Å². The zero-order valence-electron chi connectivity index (χ0n) is 8.88. The van der Waals surface area contributed by atoms with E-state index in [0.29, 0.717) is 5.92 Å². The van der Waals surface area contributed by atoms with E-state index in [-0.39, 0.29) is 0 Å². The van der Waals surface area contributed by atoms with Crippen molar-refractivity contribution in [1.29, 1.82) is 0 Å². The average Bonchev–Trinajstić information content (AvgIpc) is 2.12. The first kappa shape index (κ1) is 9.47. The van der Waals surface area contributed by atoms with E-state index in [1.54, 1.807) is 0 Å². The van der Waals surface area contributed by atoms with Crippen molar-refractivity contribution in [1.82, 2.24) is 5.32 Å². The van der Waals surface area contributed by atoms with Gasteiger partial charge < -0.3 is 5.32 Å². The Morgan fingerprint density at radius 2 is 1.79 bits per heavy atom. The molecule has 0 amide bonds. The van der Waals surface area contributed by atoms with Crippen LogP contribution in [0.15, 0.2) is 29.8 Å². The summed E-state index contributed by atoms with van der Waals surface area (Å²) in [6.07, 6.45) is 2.28. The molecule has 0 atom stereocenters.